The Morgan fingerprint density at radius 1 is 1.33 bits per heavy atom. The third-order valence-electron chi connectivity index (χ3n) is 3.02. The molecule has 0 aliphatic carbocycles. The Kier molecular flexibility index (Phi) is 4.24. The van der Waals surface area contributed by atoms with Crippen LogP contribution in [-0.4, -0.2) is 19.5 Å². The molecule has 2 rings (SSSR count). The smallest absolute Gasteiger partial charge is 0.278 e. The van der Waals surface area contributed by atoms with Gasteiger partial charge in [0.25, 0.3) is 11.2 Å². The maximum atomic E-state index is 11.9. The van der Waals surface area contributed by atoms with Crippen molar-refractivity contribution in [2.75, 3.05) is 0 Å². The predicted octanol–water partition coefficient (Wildman–Crippen LogP) is 2.52. The highest BCUT2D eigenvalue weighted by Gasteiger charge is 2.19. The molecule has 2 heterocycles. The summed E-state index contributed by atoms with van der Waals surface area (Å²) < 4.78 is 1.20. The summed E-state index contributed by atoms with van der Waals surface area (Å²) in [5.74, 6) is 0. The molecule has 0 radical (unpaired) electrons. The predicted molar refractivity (Wildman–Crippen MR) is 78.0 cm³/mol. The molecular formula is C12H10Cl2N4O3. The van der Waals surface area contributed by atoms with E-state index >= 15 is 0 Å². The summed E-state index contributed by atoms with van der Waals surface area (Å²) in [6, 6.07) is 0. The van der Waals surface area contributed by atoms with E-state index < -0.39 is 10.5 Å². The van der Waals surface area contributed by atoms with Crippen LogP contribution in [-0.2, 0) is 6.54 Å². The Labute approximate surface area is 129 Å². The van der Waals surface area contributed by atoms with Crippen LogP contribution in [0, 0.1) is 24.0 Å². The summed E-state index contributed by atoms with van der Waals surface area (Å²) in [7, 11) is 0. The number of hydrogen-bond donors (Lipinski definition) is 0. The summed E-state index contributed by atoms with van der Waals surface area (Å²) in [6.07, 6.45) is 2.62. The molecule has 0 bridgehead atoms. The molecule has 0 atom stereocenters. The molecule has 0 fully saturated rings. The Morgan fingerprint density at radius 2 is 2.00 bits per heavy atom. The van der Waals surface area contributed by atoms with Crippen LogP contribution in [0.5, 0.6) is 0 Å². The molecule has 2 aromatic rings. The highest BCUT2D eigenvalue weighted by Crippen LogP contribution is 2.24. The maximum Gasteiger partial charge on any atom is 0.278 e. The zero-order valence-corrected chi connectivity index (χ0v) is 12.6. The molecule has 2 aromatic heterocycles. The molecule has 0 aliphatic heterocycles. The van der Waals surface area contributed by atoms with E-state index in [4.69, 9.17) is 23.2 Å². The number of pyridine rings is 1. The molecule has 0 spiro atoms. The van der Waals surface area contributed by atoms with Gasteiger partial charge < -0.3 is 0 Å². The first kappa shape index (κ1) is 15.4. The summed E-state index contributed by atoms with van der Waals surface area (Å²) in [5.41, 5.74) is 0.718. The Hall–Kier alpha value is -1.99. The van der Waals surface area contributed by atoms with Crippen LogP contribution in [0.25, 0.3) is 0 Å². The fourth-order valence-corrected chi connectivity index (χ4v) is 2.21. The van der Waals surface area contributed by atoms with Gasteiger partial charge in [0, 0.05) is 11.8 Å². The van der Waals surface area contributed by atoms with Gasteiger partial charge in [-0.25, -0.2) is 4.98 Å². The van der Waals surface area contributed by atoms with Gasteiger partial charge in [-0.2, -0.15) is 0 Å². The summed E-state index contributed by atoms with van der Waals surface area (Å²) in [4.78, 5) is 30.5. The van der Waals surface area contributed by atoms with Crippen LogP contribution in [0.3, 0.4) is 0 Å². The highest BCUT2D eigenvalue weighted by molar-refractivity contribution is 6.40. The van der Waals surface area contributed by atoms with Crippen molar-refractivity contribution in [3.8, 4) is 0 Å². The van der Waals surface area contributed by atoms with E-state index in [1.165, 1.54) is 17.1 Å². The van der Waals surface area contributed by atoms with Crippen molar-refractivity contribution in [3.63, 3.8) is 0 Å². The third kappa shape index (κ3) is 2.88. The van der Waals surface area contributed by atoms with Gasteiger partial charge in [0.05, 0.1) is 29.1 Å². The Morgan fingerprint density at radius 3 is 2.62 bits per heavy atom. The van der Waals surface area contributed by atoms with E-state index in [9.17, 15) is 14.9 Å². The first-order valence-electron chi connectivity index (χ1n) is 5.82. The minimum absolute atomic E-state index is 0.0129. The zero-order chi connectivity index (χ0) is 15.7. The molecule has 0 aromatic carbocycles. The molecule has 0 aliphatic rings. The van der Waals surface area contributed by atoms with E-state index in [0.717, 1.165) is 0 Å². The van der Waals surface area contributed by atoms with Crippen molar-refractivity contribution in [1.29, 1.82) is 0 Å². The lowest BCUT2D eigenvalue weighted by Gasteiger charge is -2.09. The summed E-state index contributed by atoms with van der Waals surface area (Å²) in [6.45, 7) is 3.22. The minimum atomic E-state index is -0.527. The van der Waals surface area contributed by atoms with E-state index in [-0.39, 0.29) is 22.4 Å². The van der Waals surface area contributed by atoms with Gasteiger partial charge in [-0.15, -0.1) is 0 Å². The molecule has 0 saturated carbocycles. The van der Waals surface area contributed by atoms with E-state index in [2.05, 4.69) is 9.97 Å². The van der Waals surface area contributed by atoms with Crippen LogP contribution in [0.2, 0.25) is 10.2 Å². The first-order valence-corrected chi connectivity index (χ1v) is 6.58. The van der Waals surface area contributed by atoms with Gasteiger partial charge in [-0.3, -0.25) is 24.5 Å². The molecule has 0 N–H and O–H groups in total. The van der Waals surface area contributed by atoms with Crippen LogP contribution < -0.4 is 5.56 Å². The van der Waals surface area contributed by atoms with Crippen molar-refractivity contribution in [2.24, 2.45) is 0 Å². The zero-order valence-electron chi connectivity index (χ0n) is 11.1. The fourth-order valence-electron chi connectivity index (χ4n) is 1.92. The topological polar surface area (TPSA) is 90.9 Å². The monoisotopic (exact) mass is 328 g/mol. The number of rotatable bonds is 3. The van der Waals surface area contributed by atoms with Gasteiger partial charge >= 0.3 is 0 Å². The Bertz CT molecular complexity index is 789. The van der Waals surface area contributed by atoms with Crippen LogP contribution in [0.15, 0.2) is 17.3 Å². The maximum absolute atomic E-state index is 11.9. The van der Waals surface area contributed by atoms with E-state index in [1.54, 1.807) is 13.8 Å². The average Bonchev–Trinajstić information content (AvgIpc) is 2.42. The largest absolute Gasteiger partial charge is 0.292 e. The van der Waals surface area contributed by atoms with Crippen molar-refractivity contribution >= 4 is 28.9 Å². The lowest BCUT2D eigenvalue weighted by molar-refractivity contribution is -0.386. The number of hydrogen-bond acceptors (Lipinski definition) is 5. The van der Waals surface area contributed by atoms with Crippen LogP contribution in [0.4, 0.5) is 5.69 Å². The SMILES string of the molecule is Cc1cnc(Cn2cnc(Cl)c(Cl)c2=O)c(C)c1[N+](=O)[O-]. The standard InChI is InChI=1S/C12H10Cl2N4O3/c1-6-3-15-8(7(2)10(6)18(20)21)4-17-5-16-11(14)9(13)12(17)19/h3,5H,4H2,1-2H3. The lowest BCUT2D eigenvalue weighted by Crippen LogP contribution is -2.22. The number of aromatic nitrogens is 3. The second-order valence-electron chi connectivity index (χ2n) is 4.40. The Balaban J connectivity index is 2.51. The average molecular weight is 329 g/mol. The quantitative estimate of drug-likeness (QED) is 0.490. The van der Waals surface area contributed by atoms with Gasteiger partial charge in [0.1, 0.15) is 5.02 Å². The van der Waals surface area contributed by atoms with Gasteiger partial charge in [-0.1, -0.05) is 23.2 Å². The summed E-state index contributed by atoms with van der Waals surface area (Å²) in [5, 5.41) is 10.8. The van der Waals surface area contributed by atoms with Crippen LogP contribution in [0.1, 0.15) is 16.8 Å². The lowest BCUT2D eigenvalue weighted by atomic mass is 10.1. The second-order valence-corrected chi connectivity index (χ2v) is 5.14. The molecule has 0 saturated heterocycles. The normalized spacial score (nSPS) is 10.7. The molecule has 0 unspecified atom stereocenters. The molecule has 0 amide bonds. The molecule has 7 nitrogen and oxygen atoms in total. The fraction of sp³-hybridized carbons (Fsp3) is 0.250. The molecular weight excluding hydrogens is 319 g/mol. The van der Waals surface area contributed by atoms with Crippen molar-refractivity contribution in [2.45, 2.75) is 20.4 Å². The van der Waals surface area contributed by atoms with E-state index in [1.807, 2.05) is 0 Å². The van der Waals surface area contributed by atoms with E-state index in [0.29, 0.717) is 16.8 Å². The first-order chi connectivity index (χ1) is 9.82. The minimum Gasteiger partial charge on any atom is -0.292 e. The van der Waals surface area contributed by atoms with Gasteiger partial charge in [0.15, 0.2) is 5.15 Å². The summed E-state index contributed by atoms with van der Waals surface area (Å²) >= 11 is 11.4. The molecule has 9 heteroatoms. The van der Waals surface area contributed by atoms with Gasteiger partial charge in [-0.05, 0) is 13.8 Å². The second kappa shape index (κ2) is 5.79. The molecule has 110 valence electrons. The van der Waals surface area contributed by atoms with Crippen molar-refractivity contribution < 1.29 is 4.92 Å². The molecule has 21 heavy (non-hydrogen) atoms. The number of aryl methyl sites for hydroxylation is 1. The third-order valence-corrected chi connectivity index (χ3v) is 3.74. The number of halogens is 2. The number of nitro groups is 1. The van der Waals surface area contributed by atoms with Crippen molar-refractivity contribution in [3.05, 3.63) is 60.0 Å². The highest BCUT2D eigenvalue weighted by atomic mass is 35.5. The number of nitrogens with zero attached hydrogens (tertiary/aromatic N) is 4. The van der Waals surface area contributed by atoms with Crippen LogP contribution >= 0.6 is 23.2 Å². The van der Waals surface area contributed by atoms with Gasteiger partial charge in [0.2, 0.25) is 0 Å². The van der Waals surface area contributed by atoms with Crippen molar-refractivity contribution in [1.82, 2.24) is 14.5 Å².